The summed E-state index contributed by atoms with van der Waals surface area (Å²) >= 11 is 1.58. The zero-order valence-corrected chi connectivity index (χ0v) is 19.5. The van der Waals surface area contributed by atoms with Crippen molar-refractivity contribution in [3.63, 3.8) is 0 Å². The first-order valence-corrected chi connectivity index (χ1v) is 12.0. The molecule has 1 aliphatic rings. The zero-order chi connectivity index (χ0) is 22.9. The number of aryl methyl sites for hydroxylation is 2. The Kier molecular flexibility index (Phi) is 5.85. The Morgan fingerprint density at radius 1 is 1.21 bits per heavy atom. The Balaban J connectivity index is 1.32. The Morgan fingerprint density at radius 2 is 2.03 bits per heavy atom. The van der Waals surface area contributed by atoms with Crippen molar-refractivity contribution in [3.8, 4) is 5.69 Å². The highest BCUT2D eigenvalue weighted by Gasteiger charge is 2.28. The molecule has 0 bridgehead atoms. The molecule has 2 aromatic carbocycles. The van der Waals surface area contributed by atoms with Crippen molar-refractivity contribution >= 4 is 32.7 Å². The second-order valence-electron chi connectivity index (χ2n) is 8.61. The molecule has 2 aromatic heterocycles. The molecule has 4 aromatic rings. The summed E-state index contributed by atoms with van der Waals surface area (Å²) in [4.78, 5) is 19.9. The maximum Gasteiger partial charge on any atom is 0.225 e. The van der Waals surface area contributed by atoms with Crippen molar-refractivity contribution in [1.29, 1.82) is 0 Å². The van der Waals surface area contributed by atoms with Gasteiger partial charge in [-0.2, -0.15) is 10.1 Å². The summed E-state index contributed by atoms with van der Waals surface area (Å²) in [5, 5.41) is 8.54. The van der Waals surface area contributed by atoms with E-state index in [1.165, 1.54) is 17.7 Å². The molecule has 0 spiro atoms. The number of carbonyl (C=O) groups excluding carboxylic acids is 1. The molecule has 1 aliphatic heterocycles. The van der Waals surface area contributed by atoms with Crippen LogP contribution in [0.4, 0.5) is 9.52 Å². The SMILES string of the molecule is Cc1ccc(CNC(=O)[C@H]2CCCN(c3nc4c(s3)c(C)nn4-c3cccc(F)c3)C2)cc1. The molecular formula is C25H26FN5OS. The summed E-state index contributed by atoms with van der Waals surface area (Å²) in [5.41, 5.74) is 4.55. The Hall–Kier alpha value is -3.26. The number of aromatic nitrogens is 3. The quantitative estimate of drug-likeness (QED) is 0.463. The van der Waals surface area contributed by atoms with Gasteiger partial charge in [-0.15, -0.1) is 0 Å². The van der Waals surface area contributed by atoms with E-state index in [1.807, 2.05) is 25.1 Å². The maximum absolute atomic E-state index is 13.8. The number of fused-ring (bicyclic) bond motifs is 1. The van der Waals surface area contributed by atoms with E-state index in [0.717, 1.165) is 46.1 Å². The monoisotopic (exact) mass is 463 g/mol. The third-order valence-electron chi connectivity index (χ3n) is 6.08. The van der Waals surface area contributed by atoms with E-state index in [-0.39, 0.29) is 17.6 Å². The summed E-state index contributed by atoms with van der Waals surface area (Å²) in [7, 11) is 0. The van der Waals surface area contributed by atoms with Gasteiger partial charge in [0.1, 0.15) is 5.82 Å². The first kappa shape index (κ1) is 21.6. The first-order valence-electron chi connectivity index (χ1n) is 11.2. The maximum atomic E-state index is 13.8. The fourth-order valence-corrected chi connectivity index (χ4v) is 5.27. The number of carbonyl (C=O) groups is 1. The number of hydrogen-bond acceptors (Lipinski definition) is 5. The lowest BCUT2D eigenvalue weighted by molar-refractivity contribution is -0.125. The molecule has 1 atom stereocenters. The van der Waals surface area contributed by atoms with Crippen molar-refractivity contribution in [3.05, 3.63) is 71.2 Å². The molecule has 1 saturated heterocycles. The van der Waals surface area contributed by atoms with Crippen LogP contribution in [-0.4, -0.2) is 33.8 Å². The van der Waals surface area contributed by atoms with Gasteiger partial charge in [0.05, 0.1) is 22.0 Å². The van der Waals surface area contributed by atoms with Gasteiger partial charge in [-0.3, -0.25) is 4.79 Å². The molecule has 6 nitrogen and oxygen atoms in total. The van der Waals surface area contributed by atoms with Crippen LogP contribution in [0, 0.1) is 25.6 Å². The van der Waals surface area contributed by atoms with Gasteiger partial charge in [0.15, 0.2) is 10.8 Å². The minimum absolute atomic E-state index is 0.0722. The van der Waals surface area contributed by atoms with Crippen LogP contribution in [0.2, 0.25) is 0 Å². The molecule has 0 unspecified atom stereocenters. The van der Waals surface area contributed by atoms with Crippen LogP contribution in [0.15, 0.2) is 48.5 Å². The largest absolute Gasteiger partial charge is 0.352 e. The van der Waals surface area contributed by atoms with E-state index in [4.69, 9.17) is 4.98 Å². The number of rotatable bonds is 5. The van der Waals surface area contributed by atoms with Gasteiger partial charge in [-0.05, 0) is 50.5 Å². The lowest BCUT2D eigenvalue weighted by Crippen LogP contribution is -2.43. The second-order valence-corrected chi connectivity index (χ2v) is 9.59. The number of halogens is 1. The summed E-state index contributed by atoms with van der Waals surface area (Å²) in [6, 6.07) is 14.6. The molecule has 1 N–H and O–H groups in total. The van der Waals surface area contributed by atoms with E-state index in [1.54, 1.807) is 22.1 Å². The predicted molar refractivity (Wildman–Crippen MR) is 129 cm³/mol. The summed E-state index contributed by atoms with van der Waals surface area (Å²) in [5.74, 6) is -0.291. The van der Waals surface area contributed by atoms with Gasteiger partial charge in [0.2, 0.25) is 5.91 Å². The molecule has 0 aliphatic carbocycles. The molecule has 1 amide bonds. The topological polar surface area (TPSA) is 63.1 Å². The fraction of sp³-hybridized carbons (Fsp3) is 0.320. The minimum atomic E-state index is -0.306. The number of anilines is 1. The van der Waals surface area contributed by atoms with Gasteiger partial charge in [-0.25, -0.2) is 9.07 Å². The second kappa shape index (κ2) is 8.94. The van der Waals surface area contributed by atoms with Crippen LogP contribution in [0.3, 0.4) is 0 Å². The molecular weight excluding hydrogens is 437 g/mol. The fourth-order valence-electron chi connectivity index (χ4n) is 4.25. The Morgan fingerprint density at radius 3 is 2.82 bits per heavy atom. The van der Waals surface area contributed by atoms with Gasteiger partial charge >= 0.3 is 0 Å². The van der Waals surface area contributed by atoms with Crippen LogP contribution in [0.1, 0.15) is 29.7 Å². The number of nitrogens with zero attached hydrogens (tertiary/aromatic N) is 4. The van der Waals surface area contributed by atoms with Crippen molar-refractivity contribution in [2.75, 3.05) is 18.0 Å². The van der Waals surface area contributed by atoms with Gasteiger partial charge in [0.25, 0.3) is 0 Å². The highest BCUT2D eigenvalue weighted by molar-refractivity contribution is 7.22. The minimum Gasteiger partial charge on any atom is -0.352 e. The van der Waals surface area contributed by atoms with Crippen LogP contribution < -0.4 is 10.2 Å². The molecule has 8 heteroatoms. The number of amides is 1. The number of hydrogen-bond donors (Lipinski definition) is 1. The number of benzene rings is 2. The molecule has 33 heavy (non-hydrogen) atoms. The van der Waals surface area contributed by atoms with Crippen LogP contribution in [0.25, 0.3) is 16.0 Å². The zero-order valence-electron chi connectivity index (χ0n) is 18.7. The third kappa shape index (κ3) is 4.48. The van der Waals surface area contributed by atoms with Gasteiger partial charge in [0, 0.05) is 19.6 Å². The molecule has 5 rings (SSSR count). The van der Waals surface area contributed by atoms with Crippen molar-refractivity contribution in [2.24, 2.45) is 5.92 Å². The lowest BCUT2D eigenvalue weighted by Gasteiger charge is -2.31. The van der Waals surface area contributed by atoms with Crippen molar-refractivity contribution in [2.45, 2.75) is 33.2 Å². The van der Waals surface area contributed by atoms with Crippen LogP contribution in [0.5, 0.6) is 0 Å². The number of nitrogens with one attached hydrogen (secondary N) is 1. The molecule has 0 radical (unpaired) electrons. The van der Waals surface area contributed by atoms with Crippen molar-refractivity contribution < 1.29 is 9.18 Å². The first-order chi connectivity index (χ1) is 16.0. The smallest absolute Gasteiger partial charge is 0.225 e. The average molecular weight is 464 g/mol. The van der Waals surface area contributed by atoms with E-state index in [9.17, 15) is 9.18 Å². The Bertz CT molecular complexity index is 1300. The normalized spacial score (nSPS) is 16.3. The third-order valence-corrected chi connectivity index (χ3v) is 7.29. The molecule has 3 heterocycles. The van der Waals surface area contributed by atoms with Crippen LogP contribution >= 0.6 is 11.3 Å². The van der Waals surface area contributed by atoms with Gasteiger partial charge < -0.3 is 10.2 Å². The van der Waals surface area contributed by atoms with E-state index < -0.39 is 0 Å². The van der Waals surface area contributed by atoms with E-state index >= 15 is 0 Å². The molecule has 170 valence electrons. The molecule has 1 fully saturated rings. The van der Waals surface area contributed by atoms with E-state index in [0.29, 0.717) is 18.8 Å². The summed E-state index contributed by atoms with van der Waals surface area (Å²) in [6.45, 7) is 6.04. The highest BCUT2D eigenvalue weighted by atomic mass is 32.1. The number of piperidine rings is 1. The predicted octanol–water partition coefficient (Wildman–Crippen LogP) is 4.77. The lowest BCUT2D eigenvalue weighted by atomic mass is 9.97. The highest BCUT2D eigenvalue weighted by Crippen LogP contribution is 2.34. The number of thiazole rings is 1. The summed E-state index contributed by atoms with van der Waals surface area (Å²) in [6.07, 6.45) is 1.81. The Labute approximate surface area is 196 Å². The standard InChI is InChI=1S/C25H26FN5OS/c1-16-8-10-18(11-9-16)14-27-24(32)19-5-4-12-30(15-19)25-28-23-22(33-25)17(2)29-31(23)21-7-3-6-20(26)13-21/h3,6-11,13,19H,4-5,12,14-15H2,1-2H3,(H,27,32)/t19-/m0/s1. The van der Waals surface area contributed by atoms with E-state index in [2.05, 4.69) is 34.4 Å². The average Bonchev–Trinajstić information content (AvgIpc) is 3.39. The van der Waals surface area contributed by atoms with Crippen molar-refractivity contribution in [1.82, 2.24) is 20.1 Å². The summed E-state index contributed by atoms with van der Waals surface area (Å²) < 4.78 is 16.4. The molecule has 0 saturated carbocycles. The van der Waals surface area contributed by atoms with Gasteiger partial charge in [-0.1, -0.05) is 47.2 Å². The van der Waals surface area contributed by atoms with Crippen LogP contribution in [-0.2, 0) is 11.3 Å².